The highest BCUT2D eigenvalue weighted by Gasteiger charge is 2.34. The normalized spacial score (nSPS) is 15.5. The smallest absolute Gasteiger partial charge is 0.264 e. The van der Waals surface area contributed by atoms with Crippen molar-refractivity contribution in [3.05, 3.63) is 77.9 Å². The number of rotatable bonds is 6. The molecular formula is C26H29N3O2S. The van der Waals surface area contributed by atoms with Gasteiger partial charge in [0.15, 0.2) is 0 Å². The number of sulfonamides is 1. The molecule has 5 rings (SSSR count). The molecule has 0 unspecified atom stereocenters. The molecule has 1 aliphatic carbocycles. The van der Waals surface area contributed by atoms with E-state index in [2.05, 4.69) is 61.2 Å². The van der Waals surface area contributed by atoms with Crippen molar-refractivity contribution >= 4 is 32.8 Å². The van der Waals surface area contributed by atoms with E-state index in [4.69, 9.17) is 0 Å². The second kappa shape index (κ2) is 7.85. The first-order chi connectivity index (χ1) is 15.4. The van der Waals surface area contributed by atoms with Crippen LogP contribution in [0.4, 0.5) is 22.7 Å². The minimum absolute atomic E-state index is 0.340. The molecular weight excluding hydrogens is 418 g/mol. The molecule has 1 aliphatic heterocycles. The van der Waals surface area contributed by atoms with Crippen molar-refractivity contribution in [3.8, 4) is 0 Å². The van der Waals surface area contributed by atoms with Crippen LogP contribution in [0.5, 0.6) is 0 Å². The van der Waals surface area contributed by atoms with Crippen LogP contribution in [0.2, 0.25) is 0 Å². The van der Waals surface area contributed by atoms with Gasteiger partial charge in [0.25, 0.3) is 10.0 Å². The lowest BCUT2D eigenvalue weighted by atomic mass is 10.1. The quantitative estimate of drug-likeness (QED) is 0.527. The molecule has 32 heavy (non-hydrogen) atoms. The summed E-state index contributed by atoms with van der Waals surface area (Å²) < 4.78 is 28.0. The number of fused-ring (bicyclic) bond motifs is 1. The maximum Gasteiger partial charge on any atom is 0.264 e. The maximum absolute atomic E-state index is 13.2. The van der Waals surface area contributed by atoms with Crippen LogP contribution in [-0.4, -0.2) is 35.1 Å². The van der Waals surface area contributed by atoms with Crippen molar-refractivity contribution in [1.82, 2.24) is 0 Å². The summed E-state index contributed by atoms with van der Waals surface area (Å²) in [6.45, 7) is 2.64. The molecule has 0 aromatic heterocycles. The maximum atomic E-state index is 13.2. The molecule has 0 N–H and O–H groups in total. The Balaban J connectivity index is 1.52. The lowest BCUT2D eigenvalue weighted by Gasteiger charge is -2.29. The summed E-state index contributed by atoms with van der Waals surface area (Å²) >= 11 is 0. The number of benzene rings is 3. The van der Waals surface area contributed by atoms with E-state index in [-0.39, 0.29) is 0 Å². The molecule has 0 saturated heterocycles. The fraction of sp³-hybridized carbons (Fsp3) is 0.308. The standard InChI is InChI=1S/C26H29N3O2S/c1-19-9-10-22(27(2)3)18-26(19)29(21-11-12-21)23-13-14-25-20(17-23)15-16-28(25)32(30,31)24-7-5-4-6-8-24/h4-10,13-14,17-18,21H,11-12,15-16H2,1-3H3. The van der Waals surface area contributed by atoms with Crippen molar-refractivity contribution in [2.45, 2.75) is 37.1 Å². The summed E-state index contributed by atoms with van der Waals surface area (Å²) in [6, 6.07) is 22.0. The second-order valence-corrected chi connectivity index (χ2v) is 10.8. The van der Waals surface area contributed by atoms with Crippen LogP contribution in [-0.2, 0) is 16.4 Å². The molecule has 0 atom stereocenters. The fourth-order valence-electron chi connectivity index (χ4n) is 4.49. The van der Waals surface area contributed by atoms with Gasteiger partial charge in [-0.2, -0.15) is 0 Å². The SMILES string of the molecule is Cc1ccc(N(C)C)cc1N(c1ccc2c(c1)CCN2S(=O)(=O)c1ccccc1)C1CC1. The van der Waals surface area contributed by atoms with Crippen LogP contribution in [0.15, 0.2) is 71.6 Å². The first kappa shape index (κ1) is 20.9. The van der Waals surface area contributed by atoms with Gasteiger partial charge in [0, 0.05) is 43.7 Å². The zero-order chi connectivity index (χ0) is 22.5. The highest BCUT2D eigenvalue weighted by Crippen LogP contribution is 2.43. The third kappa shape index (κ3) is 3.62. The number of anilines is 4. The molecule has 3 aromatic carbocycles. The first-order valence-corrected chi connectivity index (χ1v) is 12.6. The Labute approximate surface area is 190 Å². The van der Waals surface area contributed by atoms with E-state index in [0.717, 1.165) is 23.4 Å². The largest absolute Gasteiger partial charge is 0.378 e. The van der Waals surface area contributed by atoms with Crippen LogP contribution >= 0.6 is 0 Å². The summed E-state index contributed by atoms with van der Waals surface area (Å²) in [7, 11) is 0.576. The lowest BCUT2D eigenvalue weighted by molar-refractivity contribution is 0.592. The minimum Gasteiger partial charge on any atom is -0.378 e. The van der Waals surface area contributed by atoms with E-state index in [9.17, 15) is 8.42 Å². The summed E-state index contributed by atoms with van der Waals surface area (Å²) in [5, 5.41) is 0. The van der Waals surface area contributed by atoms with Crippen molar-refractivity contribution in [3.63, 3.8) is 0 Å². The third-order valence-corrected chi connectivity index (χ3v) is 8.23. The fourth-order valence-corrected chi connectivity index (χ4v) is 6.02. The Morgan fingerprint density at radius 1 is 0.906 bits per heavy atom. The van der Waals surface area contributed by atoms with E-state index in [0.29, 0.717) is 17.5 Å². The molecule has 0 bridgehead atoms. The van der Waals surface area contributed by atoms with Gasteiger partial charge in [0.05, 0.1) is 10.6 Å². The average Bonchev–Trinajstić information content (AvgIpc) is 3.52. The molecule has 1 heterocycles. The van der Waals surface area contributed by atoms with Gasteiger partial charge in [-0.1, -0.05) is 24.3 Å². The first-order valence-electron chi connectivity index (χ1n) is 11.1. The molecule has 2 aliphatic rings. The predicted octanol–water partition coefficient (Wildman–Crippen LogP) is 5.11. The number of aryl methyl sites for hydroxylation is 1. The van der Waals surface area contributed by atoms with Crippen LogP contribution in [0.25, 0.3) is 0 Å². The highest BCUT2D eigenvalue weighted by molar-refractivity contribution is 7.92. The molecule has 1 fully saturated rings. The van der Waals surface area contributed by atoms with Crippen LogP contribution in [0, 0.1) is 6.92 Å². The predicted molar refractivity (Wildman–Crippen MR) is 132 cm³/mol. The average molecular weight is 448 g/mol. The molecule has 166 valence electrons. The van der Waals surface area contributed by atoms with Crippen LogP contribution in [0.3, 0.4) is 0 Å². The van der Waals surface area contributed by atoms with Gasteiger partial charge in [-0.05, 0) is 79.8 Å². The molecule has 0 radical (unpaired) electrons. The van der Waals surface area contributed by atoms with Crippen molar-refractivity contribution in [2.75, 3.05) is 34.7 Å². The second-order valence-electron chi connectivity index (χ2n) is 8.92. The van der Waals surface area contributed by atoms with Crippen molar-refractivity contribution in [2.24, 2.45) is 0 Å². The zero-order valence-corrected chi connectivity index (χ0v) is 19.6. The molecule has 6 heteroatoms. The Morgan fingerprint density at radius 2 is 1.62 bits per heavy atom. The summed E-state index contributed by atoms with van der Waals surface area (Å²) in [4.78, 5) is 4.91. The third-order valence-electron chi connectivity index (χ3n) is 6.41. The van der Waals surface area contributed by atoms with Gasteiger partial charge in [0.2, 0.25) is 0 Å². The van der Waals surface area contributed by atoms with Crippen molar-refractivity contribution < 1.29 is 8.42 Å². The van der Waals surface area contributed by atoms with Gasteiger partial charge >= 0.3 is 0 Å². The molecule has 0 spiro atoms. The van der Waals surface area contributed by atoms with Crippen LogP contribution < -0.4 is 14.1 Å². The van der Waals surface area contributed by atoms with Gasteiger partial charge in [-0.3, -0.25) is 4.31 Å². The van der Waals surface area contributed by atoms with E-state index < -0.39 is 10.0 Å². The van der Waals surface area contributed by atoms with Gasteiger partial charge in [-0.15, -0.1) is 0 Å². The van der Waals surface area contributed by atoms with E-state index in [1.807, 2.05) is 12.1 Å². The van der Waals surface area contributed by atoms with E-state index in [1.54, 1.807) is 28.6 Å². The Morgan fingerprint density at radius 3 is 2.31 bits per heavy atom. The van der Waals surface area contributed by atoms with Gasteiger partial charge < -0.3 is 9.80 Å². The topological polar surface area (TPSA) is 43.9 Å². The summed E-state index contributed by atoms with van der Waals surface area (Å²) in [5.41, 5.74) is 6.68. The Kier molecular flexibility index (Phi) is 5.13. The minimum atomic E-state index is -3.55. The van der Waals surface area contributed by atoms with E-state index >= 15 is 0 Å². The Hall–Kier alpha value is -2.99. The summed E-state index contributed by atoms with van der Waals surface area (Å²) in [6.07, 6.45) is 3.08. The molecule has 5 nitrogen and oxygen atoms in total. The zero-order valence-electron chi connectivity index (χ0n) is 18.8. The van der Waals surface area contributed by atoms with E-state index in [1.165, 1.54) is 29.8 Å². The van der Waals surface area contributed by atoms with Crippen molar-refractivity contribution in [1.29, 1.82) is 0 Å². The highest BCUT2D eigenvalue weighted by atomic mass is 32.2. The van der Waals surface area contributed by atoms with Gasteiger partial charge in [0.1, 0.15) is 0 Å². The van der Waals surface area contributed by atoms with Crippen LogP contribution in [0.1, 0.15) is 24.0 Å². The number of hydrogen-bond acceptors (Lipinski definition) is 4. The monoisotopic (exact) mass is 447 g/mol. The van der Waals surface area contributed by atoms with Gasteiger partial charge in [-0.25, -0.2) is 8.42 Å². The molecule has 3 aromatic rings. The number of hydrogen-bond donors (Lipinski definition) is 0. The number of nitrogens with zero attached hydrogens (tertiary/aromatic N) is 3. The Bertz CT molecular complexity index is 1250. The summed E-state index contributed by atoms with van der Waals surface area (Å²) in [5.74, 6) is 0. The molecule has 1 saturated carbocycles. The lowest BCUT2D eigenvalue weighted by Crippen LogP contribution is -2.29. The molecule has 0 amide bonds.